The average Bonchev–Trinajstić information content (AvgIpc) is 2.71. The van der Waals surface area contributed by atoms with Crippen molar-refractivity contribution in [3.63, 3.8) is 0 Å². The molecule has 10 heteroatoms. The summed E-state index contributed by atoms with van der Waals surface area (Å²) >= 11 is 0. The Morgan fingerprint density at radius 1 is 1.00 bits per heavy atom. The van der Waals surface area contributed by atoms with Crippen molar-refractivity contribution in [1.82, 2.24) is 0 Å². The van der Waals surface area contributed by atoms with Crippen LogP contribution >= 0.6 is 0 Å². The van der Waals surface area contributed by atoms with Gasteiger partial charge in [-0.15, -0.1) is 0 Å². The Bertz CT molecular complexity index is 484. The van der Waals surface area contributed by atoms with Gasteiger partial charge in [0.1, 0.15) is 13.6 Å². The number of ether oxygens (including phenoxy) is 7. The number of carbonyl (C=O) groups is 2. The van der Waals surface area contributed by atoms with Crippen LogP contribution in [-0.4, -0.2) is 76.1 Å². The van der Waals surface area contributed by atoms with E-state index < -0.39 is 5.97 Å². The predicted octanol–water partition coefficient (Wildman–Crippen LogP) is 2.07. The van der Waals surface area contributed by atoms with Crippen molar-refractivity contribution < 1.29 is 47.9 Å². The molecule has 30 heavy (non-hydrogen) atoms. The lowest BCUT2D eigenvalue weighted by Gasteiger charge is -2.35. The van der Waals surface area contributed by atoms with Crippen LogP contribution in [-0.2, 0) is 42.7 Å². The maximum atomic E-state index is 11.0. The van der Waals surface area contributed by atoms with E-state index in [0.717, 1.165) is 12.8 Å². The van der Waals surface area contributed by atoms with Crippen LogP contribution in [0.25, 0.3) is 0 Å². The minimum absolute atomic E-state index is 0.0247. The highest BCUT2D eigenvalue weighted by molar-refractivity contribution is 5.66. The van der Waals surface area contributed by atoms with E-state index in [1.54, 1.807) is 0 Å². The number of carboxylic acid groups (broad SMARTS) is 1. The van der Waals surface area contributed by atoms with Crippen LogP contribution in [0.1, 0.15) is 39.0 Å². The minimum atomic E-state index is -0.925. The normalized spacial score (nSPS) is 21.2. The van der Waals surface area contributed by atoms with Crippen molar-refractivity contribution in [2.45, 2.75) is 51.2 Å². The van der Waals surface area contributed by atoms with E-state index in [0.29, 0.717) is 32.7 Å². The summed E-state index contributed by atoms with van der Waals surface area (Å²) in [5.74, 6) is -1.06. The van der Waals surface area contributed by atoms with E-state index >= 15 is 0 Å². The summed E-state index contributed by atoms with van der Waals surface area (Å²) in [6.07, 6.45) is 3.73. The van der Waals surface area contributed by atoms with Gasteiger partial charge in [0, 0.05) is 6.92 Å². The molecule has 1 fully saturated rings. The summed E-state index contributed by atoms with van der Waals surface area (Å²) in [6.45, 7) is 6.49. The van der Waals surface area contributed by atoms with E-state index in [-0.39, 0.29) is 57.5 Å². The van der Waals surface area contributed by atoms with Gasteiger partial charge in [-0.05, 0) is 31.6 Å². The molecule has 3 atom stereocenters. The Kier molecular flexibility index (Phi) is 14.9. The molecule has 1 N–H and O–H groups in total. The molecule has 0 bridgehead atoms. The summed E-state index contributed by atoms with van der Waals surface area (Å²) in [4.78, 5) is 21.6. The van der Waals surface area contributed by atoms with Gasteiger partial charge in [-0.25, -0.2) is 0 Å². The highest BCUT2D eigenvalue weighted by Gasteiger charge is 2.32. The Hall–Kier alpha value is -1.72. The zero-order valence-corrected chi connectivity index (χ0v) is 17.6. The fourth-order valence-corrected chi connectivity index (χ4v) is 2.90. The van der Waals surface area contributed by atoms with Gasteiger partial charge >= 0.3 is 11.9 Å². The smallest absolute Gasteiger partial charge is 0.305 e. The van der Waals surface area contributed by atoms with Crippen LogP contribution in [0.3, 0.4) is 0 Å². The molecule has 10 nitrogen and oxygen atoms in total. The van der Waals surface area contributed by atoms with Gasteiger partial charge in [-0.3, -0.25) is 9.59 Å². The molecule has 1 aliphatic rings. The van der Waals surface area contributed by atoms with Crippen molar-refractivity contribution in [2.24, 2.45) is 5.92 Å². The molecular weight excluding hydrogens is 400 g/mol. The molecule has 1 rings (SSSR count). The largest absolute Gasteiger partial charge is 0.481 e. The first-order valence-corrected chi connectivity index (χ1v) is 10.1. The maximum Gasteiger partial charge on any atom is 0.305 e. The second-order valence-corrected chi connectivity index (χ2v) is 6.80. The predicted molar refractivity (Wildman–Crippen MR) is 104 cm³/mol. The molecule has 0 aromatic rings. The third-order valence-electron chi connectivity index (χ3n) is 4.40. The third-order valence-corrected chi connectivity index (χ3v) is 4.40. The lowest BCUT2D eigenvalue weighted by atomic mass is 9.85. The summed E-state index contributed by atoms with van der Waals surface area (Å²) < 4.78 is 37.5. The first-order valence-electron chi connectivity index (χ1n) is 10.1. The summed E-state index contributed by atoms with van der Waals surface area (Å²) in [6, 6.07) is 0. The molecular formula is C20H34O10. The minimum Gasteiger partial charge on any atom is -0.481 e. The molecule has 1 saturated carbocycles. The quantitative estimate of drug-likeness (QED) is 0.149. The number of rotatable bonds is 18. The van der Waals surface area contributed by atoms with Crippen LogP contribution in [0.4, 0.5) is 0 Å². The zero-order chi connectivity index (χ0) is 22.0. The second kappa shape index (κ2) is 17.0. The first-order chi connectivity index (χ1) is 14.5. The van der Waals surface area contributed by atoms with Crippen molar-refractivity contribution in [2.75, 3.05) is 46.8 Å². The van der Waals surface area contributed by atoms with E-state index in [9.17, 15) is 9.59 Å². The topological polar surface area (TPSA) is 119 Å². The van der Waals surface area contributed by atoms with Gasteiger partial charge in [0.25, 0.3) is 0 Å². The number of carbonyl (C=O) groups excluding carboxylic acids is 1. The van der Waals surface area contributed by atoms with Crippen LogP contribution in [0.15, 0.2) is 12.8 Å². The summed E-state index contributed by atoms with van der Waals surface area (Å²) in [7, 11) is 0. The molecule has 0 aliphatic heterocycles. The maximum absolute atomic E-state index is 11.0. The van der Waals surface area contributed by atoms with Gasteiger partial charge in [0.15, 0.2) is 6.79 Å². The Morgan fingerprint density at radius 2 is 1.67 bits per heavy atom. The molecule has 0 radical (unpaired) electrons. The van der Waals surface area contributed by atoms with Gasteiger partial charge in [-0.2, -0.15) is 0 Å². The Morgan fingerprint density at radius 3 is 2.33 bits per heavy atom. The number of esters is 1. The van der Waals surface area contributed by atoms with Gasteiger partial charge in [0.05, 0.1) is 51.3 Å². The highest BCUT2D eigenvalue weighted by atomic mass is 16.7. The fraction of sp³-hybridized carbons (Fsp3) is 0.800. The molecule has 0 aromatic carbocycles. The fourth-order valence-electron chi connectivity index (χ4n) is 2.90. The highest BCUT2D eigenvalue weighted by Crippen LogP contribution is 2.29. The SMILES string of the molecule is C=COCOCCCOCOC1CCC(COC(C)=O)CC1OCOCCC(=O)O. The second-order valence-electron chi connectivity index (χ2n) is 6.80. The van der Waals surface area contributed by atoms with Crippen LogP contribution in [0, 0.1) is 5.92 Å². The molecule has 0 spiro atoms. The van der Waals surface area contributed by atoms with Gasteiger partial charge in [-0.1, -0.05) is 6.58 Å². The van der Waals surface area contributed by atoms with E-state index in [2.05, 4.69) is 6.58 Å². The van der Waals surface area contributed by atoms with Crippen LogP contribution < -0.4 is 0 Å². The molecule has 0 heterocycles. The van der Waals surface area contributed by atoms with E-state index in [4.69, 9.17) is 38.3 Å². The lowest BCUT2D eigenvalue weighted by molar-refractivity contribution is -0.187. The molecule has 3 unspecified atom stereocenters. The van der Waals surface area contributed by atoms with Crippen molar-refractivity contribution in [3.05, 3.63) is 12.8 Å². The molecule has 0 saturated heterocycles. The molecule has 1 aliphatic carbocycles. The van der Waals surface area contributed by atoms with Crippen LogP contribution in [0.5, 0.6) is 0 Å². The standard InChI is InChI=1S/C20H34O10/c1-3-24-13-25-8-4-9-26-14-29-18-6-5-17(12-28-16(2)21)11-19(18)30-15-27-10-7-20(22)23/h3,17-19H,1,4-15H2,2H3,(H,22,23). The van der Waals surface area contributed by atoms with Crippen LogP contribution in [0.2, 0.25) is 0 Å². The zero-order valence-electron chi connectivity index (χ0n) is 17.6. The van der Waals surface area contributed by atoms with Gasteiger partial charge < -0.3 is 38.3 Å². The monoisotopic (exact) mass is 434 g/mol. The molecule has 174 valence electrons. The number of hydrogen-bond donors (Lipinski definition) is 1. The Balaban J connectivity index is 2.29. The Labute approximate surface area is 177 Å². The van der Waals surface area contributed by atoms with Crippen molar-refractivity contribution >= 4 is 11.9 Å². The summed E-state index contributed by atoms with van der Waals surface area (Å²) in [5.41, 5.74) is 0. The third kappa shape index (κ3) is 13.5. The van der Waals surface area contributed by atoms with E-state index in [1.807, 2.05) is 0 Å². The lowest BCUT2D eigenvalue weighted by Crippen LogP contribution is -2.40. The number of carboxylic acids is 1. The number of hydrogen-bond acceptors (Lipinski definition) is 9. The summed E-state index contributed by atoms with van der Waals surface area (Å²) in [5, 5.41) is 8.64. The number of aliphatic carboxylic acids is 1. The molecule has 0 aromatic heterocycles. The molecule has 0 amide bonds. The average molecular weight is 434 g/mol. The first kappa shape index (κ1) is 26.3. The van der Waals surface area contributed by atoms with Crippen molar-refractivity contribution in [1.29, 1.82) is 0 Å². The van der Waals surface area contributed by atoms with E-state index in [1.165, 1.54) is 13.2 Å². The van der Waals surface area contributed by atoms with Gasteiger partial charge in [0.2, 0.25) is 0 Å². The van der Waals surface area contributed by atoms with Crippen molar-refractivity contribution in [3.8, 4) is 0 Å².